The maximum atomic E-state index is 6.33. The van der Waals surface area contributed by atoms with Crippen LogP contribution >= 0.6 is 11.6 Å². The van der Waals surface area contributed by atoms with Crippen molar-refractivity contribution >= 4 is 23.8 Å². The van der Waals surface area contributed by atoms with Gasteiger partial charge in [0.1, 0.15) is 11.0 Å². The fourth-order valence-corrected chi connectivity index (χ4v) is 2.59. The molecular formula is C14H14ClN3O2. The molecule has 0 saturated heterocycles. The zero-order valence-electron chi connectivity index (χ0n) is 11.2. The summed E-state index contributed by atoms with van der Waals surface area (Å²) in [6, 6.07) is 7.59. The Morgan fingerprint density at radius 2 is 2.00 bits per heavy atom. The minimum Gasteiger partial charge on any atom is -0.493 e. The van der Waals surface area contributed by atoms with E-state index in [1.165, 1.54) is 0 Å². The molecule has 0 spiro atoms. The van der Waals surface area contributed by atoms with E-state index in [-0.39, 0.29) is 0 Å². The summed E-state index contributed by atoms with van der Waals surface area (Å²) in [5, 5.41) is 3.76. The van der Waals surface area contributed by atoms with Crippen LogP contribution < -0.4 is 14.8 Å². The fourth-order valence-electron chi connectivity index (χ4n) is 2.27. The SMILES string of the molecule is COc1ccc(-n2c(Cl)cc3c2NC=NC3)cc1OC. The molecule has 0 radical (unpaired) electrons. The van der Waals surface area contributed by atoms with Gasteiger partial charge in [0.15, 0.2) is 11.5 Å². The third-order valence-electron chi connectivity index (χ3n) is 3.21. The standard InChI is InChI=1S/C14H14ClN3O2/c1-19-11-4-3-10(6-12(11)20-2)18-13(15)5-9-7-16-8-17-14(9)18/h3-6,8H,7H2,1-2H3,(H,16,17). The van der Waals surface area contributed by atoms with Crippen molar-refractivity contribution in [2.75, 3.05) is 19.5 Å². The van der Waals surface area contributed by atoms with Crippen LogP contribution in [0.1, 0.15) is 5.56 Å². The second kappa shape index (κ2) is 5.09. The summed E-state index contributed by atoms with van der Waals surface area (Å²) in [5.74, 6) is 2.27. The maximum absolute atomic E-state index is 6.33. The fraction of sp³-hybridized carbons (Fsp3) is 0.214. The van der Waals surface area contributed by atoms with Crippen molar-refractivity contribution < 1.29 is 9.47 Å². The number of rotatable bonds is 3. The summed E-state index contributed by atoms with van der Waals surface area (Å²) in [6.07, 6.45) is 1.68. The first-order valence-electron chi connectivity index (χ1n) is 6.12. The van der Waals surface area contributed by atoms with Crippen molar-refractivity contribution in [3.05, 3.63) is 35.0 Å². The zero-order valence-corrected chi connectivity index (χ0v) is 11.9. The molecule has 0 unspecified atom stereocenters. The van der Waals surface area contributed by atoms with Gasteiger partial charge in [0.25, 0.3) is 0 Å². The summed E-state index contributed by atoms with van der Waals surface area (Å²) in [7, 11) is 3.22. The highest BCUT2D eigenvalue weighted by Gasteiger charge is 2.17. The number of anilines is 1. The van der Waals surface area contributed by atoms with Crippen LogP contribution in [0.4, 0.5) is 5.82 Å². The van der Waals surface area contributed by atoms with Crippen molar-refractivity contribution in [2.24, 2.45) is 4.99 Å². The minimum atomic E-state index is 0.625. The van der Waals surface area contributed by atoms with Gasteiger partial charge in [-0.05, 0) is 18.2 Å². The second-order valence-corrected chi connectivity index (χ2v) is 4.72. The average Bonchev–Trinajstić information content (AvgIpc) is 2.82. The summed E-state index contributed by atoms with van der Waals surface area (Å²) >= 11 is 6.33. The number of methoxy groups -OCH3 is 2. The Morgan fingerprint density at radius 3 is 2.75 bits per heavy atom. The lowest BCUT2D eigenvalue weighted by atomic mass is 10.2. The molecule has 1 aliphatic rings. The summed E-state index contributed by atoms with van der Waals surface area (Å²) in [4.78, 5) is 4.17. The van der Waals surface area contributed by atoms with Crippen LogP contribution in [0.2, 0.25) is 5.15 Å². The second-order valence-electron chi connectivity index (χ2n) is 4.33. The molecule has 2 heterocycles. The Balaban J connectivity index is 2.12. The van der Waals surface area contributed by atoms with Crippen molar-refractivity contribution in [2.45, 2.75) is 6.54 Å². The number of halogens is 1. The van der Waals surface area contributed by atoms with Crippen LogP contribution in [-0.4, -0.2) is 25.1 Å². The predicted molar refractivity (Wildman–Crippen MR) is 79.7 cm³/mol. The van der Waals surface area contributed by atoms with Crippen molar-refractivity contribution in [1.29, 1.82) is 0 Å². The Hall–Kier alpha value is -2.14. The number of aromatic nitrogens is 1. The molecule has 1 N–H and O–H groups in total. The Kier molecular flexibility index (Phi) is 3.28. The van der Waals surface area contributed by atoms with Gasteiger partial charge in [0.05, 0.1) is 32.8 Å². The number of nitrogens with one attached hydrogen (secondary N) is 1. The van der Waals surface area contributed by atoms with E-state index < -0.39 is 0 Å². The van der Waals surface area contributed by atoms with Gasteiger partial charge in [0, 0.05) is 11.6 Å². The maximum Gasteiger partial charge on any atom is 0.162 e. The van der Waals surface area contributed by atoms with E-state index in [1.807, 2.05) is 28.8 Å². The van der Waals surface area contributed by atoms with E-state index in [4.69, 9.17) is 21.1 Å². The molecule has 1 aliphatic heterocycles. The number of hydrogen-bond acceptors (Lipinski definition) is 4. The number of fused-ring (bicyclic) bond motifs is 1. The number of ether oxygens (including phenoxy) is 2. The minimum absolute atomic E-state index is 0.625. The Labute approximate surface area is 121 Å². The molecule has 0 fully saturated rings. The molecule has 1 aromatic heterocycles. The lowest BCUT2D eigenvalue weighted by molar-refractivity contribution is 0.355. The van der Waals surface area contributed by atoms with Gasteiger partial charge in [-0.2, -0.15) is 0 Å². The van der Waals surface area contributed by atoms with Gasteiger partial charge in [-0.1, -0.05) is 11.6 Å². The smallest absolute Gasteiger partial charge is 0.162 e. The van der Waals surface area contributed by atoms with E-state index in [0.29, 0.717) is 23.2 Å². The summed E-state index contributed by atoms with van der Waals surface area (Å²) in [6.45, 7) is 0.627. The van der Waals surface area contributed by atoms with E-state index in [1.54, 1.807) is 20.6 Å². The molecule has 0 saturated carbocycles. The number of nitrogens with zero attached hydrogens (tertiary/aromatic N) is 2. The molecule has 0 atom stereocenters. The molecule has 5 nitrogen and oxygen atoms in total. The monoisotopic (exact) mass is 291 g/mol. The van der Waals surface area contributed by atoms with Gasteiger partial charge < -0.3 is 14.8 Å². The quantitative estimate of drug-likeness (QED) is 0.945. The lowest BCUT2D eigenvalue weighted by Crippen LogP contribution is -2.09. The van der Waals surface area contributed by atoms with Gasteiger partial charge in [-0.25, -0.2) is 0 Å². The average molecular weight is 292 g/mol. The number of aliphatic imine (C=N–C) groups is 1. The highest BCUT2D eigenvalue weighted by atomic mass is 35.5. The number of benzene rings is 1. The first-order chi connectivity index (χ1) is 9.74. The third-order valence-corrected chi connectivity index (χ3v) is 3.49. The first-order valence-corrected chi connectivity index (χ1v) is 6.49. The highest BCUT2D eigenvalue weighted by molar-refractivity contribution is 6.30. The Bertz CT molecular complexity index is 679. The summed E-state index contributed by atoms with van der Waals surface area (Å²) < 4.78 is 12.5. The largest absolute Gasteiger partial charge is 0.493 e. The van der Waals surface area contributed by atoms with Crippen molar-refractivity contribution in [1.82, 2.24) is 4.57 Å². The van der Waals surface area contributed by atoms with E-state index >= 15 is 0 Å². The molecule has 3 rings (SSSR count). The molecule has 0 aliphatic carbocycles. The Morgan fingerprint density at radius 1 is 1.20 bits per heavy atom. The first kappa shape index (κ1) is 12.9. The van der Waals surface area contributed by atoms with E-state index in [2.05, 4.69) is 10.3 Å². The number of hydrogen-bond donors (Lipinski definition) is 1. The van der Waals surface area contributed by atoms with Gasteiger partial charge >= 0.3 is 0 Å². The topological polar surface area (TPSA) is 47.8 Å². The van der Waals surface area contributed by atoms with Crippen LogP contribution in [0.25, 0.3) is 5.69 Å². The third kappa shape index (κ3) is 2.00. The molecule has 1 aromatic carbocycles. The van der Waals surface area contributed by atoms with Gasteiger partial charge in [0.2, 0.25) is 0 Å². The molecule has 2 aromatic rings. The van der Waals surface area contributed by atoms with Crippen molar-refractivity contribution in [3.63, 3.8) is 0 Å². The van der Waals surface area contributed by atoms with Crippen LogP contribution in [0.15, 0.2) is 29.3 Å². The highest BCUT2D eigenvalue weighted by Crippen LogP contribution is 2.35. The van der Waals surface area contributed by atoms with Crippen LogP contribution in [0.5, 0.6) is 11.5 Å². The van der Waals surface area contributed by atoms with Crippen LogP contribution in [0.3, 0.4) is 0 Å². The molecule has 6 heteroatoms. The van der Waals surface area contributed by atoms with E-state index in [0.717, 1.165) is 17.1 Å². The molecule has 20 heavy (non-hydrogen) atoms. The van der Waals surface area contributed by atoms with Gasteiger partial charge in [-0.15, -0.1) is 0 Å². The molecular weight excluding hydrogens is 278 g/mol. The summed E-state index contributed by atoms with van der Waals surface area (Å²) in [5.41, 5.74) is 1.96. The van der Waals surface area contributed by atoms with E-state index in [9.17, 15) is 0 Å². The molecule has 104 valence electrons. The van der Waals surface area contributed by atoms with Crippen LogP contribution in [0, 0.1) is 0 Å². The van der Waals surface area contributed by atoms with Gasteiger partial charge in [-0.3, -0.25) is 9.56 Å². The molecule has 0 bridgehead atoms. The molecule has 0 amide bonds. The van der Waals surface area contributed by atoms with Crippen molar-refractivity contribution in [3.8, 4) is 17.2 Å². The normalized spacial score (nSPS) is 12.8. The lowest BCUT2D eigenvalue weighted by Gasteiger charge is -2.15. The van der Waals surface area contributed by atoms with Crippen LogP contribution in [-0.2, 0) is 6.54 Å². The zero-order chi connectivity index (χ0) is 14.1. The predicted octanol–water partition coefficient (Wildman–Crippen LogP) is 3.10.